The molecule has 0 aliphatic rings. The van der Waals surface area contributed by atoms with Gasteiger partial charge in [-0.15, -0.1) is 0 Å². The summed E-state index contributed by atoms with van der Waals surface area (Å²) in [6, 6.07) is 15.8. The van der Waals surface area contributed by atoms with Crippen molar-refractivity contribution in [3.63, 3.8) is 0 Å². The minimum absolute atomic E-state index is 0.141. The topological polar surface area (TPSA) is 87.7 Å². The van der Waals surface area contributed by atoms with Gasteiger partial charge in [0, 0.05) is 25.0 Å². The molecule has 2 aromatic carbocycles. The fourth-order valence-corrected chi connectivity index (χ4v) is 2.37. The van der Waals surface area contributed by atoms with E-state index in [1.54, 1.807) is 24.7 Å². The zero-order valence-electron chi connectivity index (χ0n) is 13.4. The summed E-state index contributed by atoms with van der Waals surface area (Å²) < 4.78 is 5.10. The molecule has 0 saturated heterocycles. The molecular weight excluding hydrogens is 308 g/mol. The van der Waals surface area contributed by atoms with E-state index < -0.39 is 5.91 Å². The number of hydrogen-bond acceptors (Lipinski definition) is 4. The number of hydrogen-bond donors (Lipinski definition) is 3. The minimum Gasteiger partial charge on any atom is -0.385 e. The molecule has 0 fully saturated rings. The first-order chi connectivity index (χ1) is 11.7. The Hall–Kier alpha value is -2.70. The highest BCUT2D eigenvalue weighted by Crippen LogP contribution is 2.22. The number of nitrogens with one attached hydrogen (secondary N) is 2. The zero-order chi connectivity index (χ0) is 17.4. The van der Waals surface area contributed by atoms with Gasteiger partial charge in [0.15, 0.2) is 0 Å². The van der Waals surface area contributed by atoms with Crippen LogP contribution in [0.1, 0.15) is 28.3 Å². The van der Waals surface area contributed by atoms with E-state index in [2.05, 4.69) is 5.32 Å². The van der Waals surface area contributed by atoms with Crippen molar-refractivity contribution in [3.05, 3.63) is 65.7 Å². The SMILES string of the molecule is COCCC(C(=O)Nc1ccc(C(=O)NO)cc1)c1ccccc1. The van der Waals surface area contributed by atoms with Gasteiger partial charge in [-0.25, -0.2) is 5.48 Å². The standard InChI is InChI=1S/C18H20N2O4/c1-24-12-11-16(13-5-3-2-4-6-13)18(22)19-15-9-7-14(8-10-15)17(21)20-23/h2-10,16,23H,11-12H2,1H3,(H,19,22)(H,20,21). The average Bonchev–Trinajstić information content (AvgIpc) is 2.63. The molecular formula is C18H20N2O4. The Labute approximate surface area is 140 Å². The number of methoxy groups -OCH3 is 1. The molecule has 1 atom stereocenters. The maximum absolute atomic E-state index is 12.6. The maximum atomic E-state index is 12.6. The Morgan fingerprint density at radius 1 is 1.08 bits per heavy atom. The summed E-state index contributed by atoms with van der Waals surface area (Å²) in [5.41, 5.74) is 3.36. The highest BCUT2D eigenvalue weighted by molar-refractivity contribution is 5.97. The second-order valence-electron chi connectivity index (χ2n) is 5.25. The van der Waals surface area contributed by atoms with E-state index in [0.29, 0.717) is 24.3 Å². The summed E-state index contributed by atoms with van der Waals surface area (Å²) >= 11 is 0. The first-order valence-corrected chi connectivity index (χ1v) is 7.55. The van der Waals surface area contributed by atoms with Crippen molar-refractivity contribution < 1.29 is 19.5 Å². The maximum Gasteiger partial charge on any atom is 0.274 e. The number of benzene rings is 2. The van der Waals surface area contributed by atoms with Crippen LogP contribution in [0.15, 0.2) is 54.6 Å². The Morgan fingerprint density at radius 2 is 1.75 bits per heavy atom. The highest BCUT2D eigenvalue weighted by Gasteiger charge is 2.20. The van der Waals surface area contributed by atoms with Crippen LogP contribution in [0, 0.1) is 0 Å². The quantitative estimate of drug-likeness (QED) is 0.538. The van der Waals surface area contributed by atoms with E-state index in [4.69, 9.17) is 9.94 Å². The third-order valence-electron chi connectivity index (χ3n) is 3.65. The van der Waals surface area contributed by atoms with Crippen LogP contribution in [0.5, 0.6) is 0 Å². The Kier molecular flexibility index (Phi) is 6.48. The van der Waals surface area contributed by atoms with Crippen molar-refractivity contribution in [1.29, 1.82) is 0 Å². The van der Waals surface area contributed by atoms with E-state index in [1.165, 1.54) is 12.1 Å². The summed E-state index contributed by atoms with van der Waals surface area (Å²) in [7, 11) is 1.60. The molecule has 0 aliphatic heterocycles. The number of rotatable bonds is 7. The monoisotopic (exact) mass is 328 g/mol. The molecule has 0 bridgehead atoms. The molecule has 0 aromatic heterocycles. The first kappa shape index (κ1) is 17.7. The molecule has 2 rings (SSSR count). The van der Waals surface area contributed by atoms with Gasteiger partial charge in [-0.2, -0.15) is 0 Å². The van der Waals surface area contributed by atoms with Crippen molar-refractivity contribution in [2.24, 2.45) is 0 Å². The van der Waals surface area contributed by atoms with Gasteiger partial charge in [0.2, 0.25) is 5.91 Å². The predicted octanol–water partition coefficient (Wildman–Crippen LogP) is 2.56. The number of carbonyl (C=O) groups is 2. The van der Waals surface area contributed by atoms with Crippen LogP contribution in [-0.4, -0.2) is 30.7 Å². The van der Waals surface area contributed by atoms with E-state index in [1.807, 2.05) is 30.3 Å². The van der Waals surface area contributed by atoms with Gasteiger partial charge in [0.25, 0.3) is 5.91 Å². The molecule has 1 unspecified atom stereocenters. The first-order valence-electron chi connectivity index (χ1n) is 7.55. The summed E-state index contributed by atoms with van der Waals surface area (Å²) in [5, 5.41) is 11.4. The van der Waals surface area contributed by atoms with Gasteiger partial charge in [-0.3, -0.25) is 14.8 Å². The van der Waals surface area contributed by atoms with E-state index in [9.17, 15) is 9.59 Å². The number of amides is 2. The largest absolute Gasteiger partial charge is 0.385 e. The second kappa shape index (κ2) is 8.81. The van der Waals surface area contributed by atoms with E-state index in [0.717, 1.165) is 5.56 Å². The number of hydroxylamine groups is 1. The molecule has 24 heavy (non-hydrogen) atoms. The molecule has 0 saturated carbocycles. The van der Waals surface area contributed by atoms with E-state index in [-0.39, 0.29) is 11.8 Å². The molecule has 2 aromatic rings. The van der Waals surface area contributed by atoms with Crippen LogP contribution in [0.2, 0.25) is 0 Å². The molecule has 6 heteroatoms. The fraction of sp³-hybridized carbons (Fsp3) is 0.222. The lowest BCUT2D eigenvalue weighted by molar-refractivity contribution is -0.118. The van der Waals surface area contributed by atoms with E-state index >= 15 is 0 Å². The summed E-state index contributed by atoms with van der Waals surface area (Å²) in [5.74, 6) is -1.07. The zero-order valence-corrected chi connectivity index (χ0v) is 13.4. The minimum atomic E-state index is -0.602. The summed E-state index contributed by atoms with van der Waals surface area (Å²) in [4.78, 5) is 23.9. The smallest absolute Gasteiger partial charge is 0.274 e. The third-order valence-corrected chi connectivity index (χ3v) is 3.65. The van der Waals surface area contributed by atoms with Crippen molar-refractivity contribution in [1.82, 2.24) is 5.48 Å². The average molecular weight is 328 g/mol. The lowest BCUT2D eigenvalue weighted by Gasteiger charge is -2.17. The Bertz CT molecular complexity index is 671. The van der Waals surface area contributed by atoms with Crippen LogP contribution < -0.4 is 10.8 Å². The Morgan fingerprint density at radius 3 is 2.33 bits per heavy atom. The molecule has 0 aliphatic carbocycles. The van der Waals surface area contributed by atoms with Crippen molar-refractivity contribution >= 4 is 17.5 Å². The van der Waals surface area contributed by atoms with Gasteiger partial charge in [-0.05, 0) is 36.2 Å². The van der Waals surface area contributed by atoms with Gasteiger partial charge in [0.1, 0.15) is 0 Å². The predicted molar refractivity (Wildman–Crippen MR) is 90.0 cm³/mol. The highest BCUT2D eigenvalue weighted by atomic mass is 16.5. The number of ether oxygens (including phenoxy) is 1. The summed E-state index contributed by atoms with van der Waals surface area (Å²) in [6.07, 6.45) is 0.567. The van der Waals surface area contributed by atoms with Gasteiger partial charge < -0.3 is 10.1 Å². The number of anilines is 1. The second-order valence-corrected chi connectivity index (χ2v) is 5.25. The van der Waals surface area contributed by atoms with Gasteiger partial charge >= 0.3 is 0 Å². The third kappa shape index (κ3) is 4.65. The lowest BCUT2D eigenvalue weighted by Crippen LogP contribution is -2.22. The van der Waals surface area contributed by atoms with Gasteiger partial charge in [0.05, 0.1) is 5.92 Å². The van der Waals surface area contributed by atoms with Gasteiger partial charge in [-0.1, -0.05) is 30.3 Å². The summed E-state index contributed by atoms with van der Waals surface area (Å²) in [6.45, 7) is 0.475. The number of carbonyl (C=O) groups excluding carboxylic acids is 2. The fourth-order valence-electron chi connectivity index (χ4n) is 2.37. The van der Waals surface area contributed by atoms with Crippen LogP contribution in [0.4, 0.5) is 5.69 Å². The lowest BCUT2D eigenvalue weighted by atomic mass is 9.95. The van der Waals surface area contributed by atoms with Crippen LogP contribution in [0.25, 0.3) is 0 Å². The van der Waals surface area contributed by atoms with Crippen molar-refractivity contribution in [3.8, 4) is 0 Å². The molecule has 6 nitrogen and oxygen atoms in total. The molecule has 0 heterocycles. The van der Waals surface area contributed by atoms with Crippen molar-refractivity contribution in [2.75, 3.05) is 19.0 Å². The van der Waals surface area contributed by atoms with Crippen molar-refractivity contribution in [2.45, 2.75) is 12.3 Å². The normalized spacial score (nSPS) is 11.6. The molecule has 3 N–H and O–H groups in total. The van der Waals surface area contributed by atoms with Crippen LogP contribution in [-0.2, 0) is 9.53 Å². The molecule has 0 radical (unpaired) electrons. The van der Waals surface area contributed by atoms with Crippen LogP contribution >= 0.6 is 0 Å². The molecule has 0 spiro atoms. The Balaban J connectivity index is 2.11. The molecule has 126 valence electrons. The van der Waals surface area contributed by atoms with Crippen LogP contribution in [0.3, 0.4) is 0 Å². The molecule has 2 amide bonds.